The number of β-amino-alcohol motifs (C(OH)–C–C–N with tert-alkyl or cyclic N) is 1. The molecular formula is C22H25ClN4O2S. The maximum Gasteiger partial charge on any atom is 0.221 e. The number of aryl methyl sites for hydroxylation is 1. The predicted octanol–water partition coefficient (Wildman–Crippen LogP) is 4.07. The molecule has 3 aromatic rings. The first kappa shape index (κ1) is 21.1. The second kappa shape index (κ2) is 8.89. The van der Waals surface area contributed by atoms with E-state index in [1.165, 1.54) is 28.5 Å². The Hall–Kier alpha value is -2.19. The molecule has 0 radical (unpaired) electrons. The summed E-state index contributed by atoms with van der Waals surface area (Å²) in [4.78, 5) is 15.9. The van der Waals surface area contributed by atoms with E-state index in [2.05, 4.69) is 37.7 Å². The quantitative estimate of drug-likeness (QED) is 0.620. The molecule has 1 amide bonds. The van der Waals surface area contributed by atoms with E-state index in [9.17, 15) is 9.90 Å². The Kier molecular flexibility index (Phi) is 6.24. The number of carbonyl (C=O) groups excluding carboxylic acids is 1. The molecule has 6 nitrogen and oxygen atoms in total. The molecule has 2 aromatic carbocycles. The topological polar surface area (TPSA) is 68.7 Å². The minimum absolute atomic E-state index is 0.145. The van der Waals surface area contributed by atoms with Crippen molar-refractivity contribution in [2.75, 3.05) is 42.9 Å². The molecule has 158 valence electrons. The number of aromatic nitrogens is 1. The molecular weight excluding hydrogens is 420 g/mol. The smallest absolute Gasteiger partial charge is 0.221 e. The number of carbonyl (C=O) groups is 1. The van der Waals surface area contributed by atoms with E-state index >= 15 is 0 Å². The summed E-state index contributed by atoms with van der Waals surface area (Å²) in [6.07, 6.45) is -0.686. The minimum Gasteiger partial charge on any atom is -0.387 e. The molecule has 30 heavy (non-hydrogen) atoms. The zero-order chi connectivity index (χ0) is 21.3. The maximum absolute atomic E-state index is 11.3. The molecule has 0 aliphatic carbocycles. The fourth-order valence-electron chi connectivity index (χ4n) is 3.87. The van der Waals surface area contributed by atoms with E-state index in [0.717, 1.165) is 37.6 Å². The highest BCUT2D eigenvalue weighted by atomic mass is 35.5. The van der Waals surface area contributed by atoms with E-state index in [1.54, 1.807) is 6.07 Å². The number of aliphatic hydroxyl groups is 1. The summed E-state index contributed by atoms with van der Waals surface area (Å²) in [6, 6.07) is 11.9. The van der Waals surface area contributed by atoms with Gasteiger partial charge in [-0.25, -0.2) is 0 Å². The van der Waals surface area contributed by atoms with Crippen molar-refractivity contribution in [2.24, 2.45) is 0 Å². The summed E-state index contributed by atoms with van der Waals surface area (Å²) in [5.74, 6) is 0.913. The largest absolute Gasteiger partial charge is 0.387 e. The van der Waals surface area contributed by atoms with Crippen LogP contribution >= 0.6 is 23.1 Å². The van der Waals surface area contributed by atoms with Gasteiger partial charge in [-0.15, -0.1) is 0 Å². The summed E-state index contributed by atoms with van der Waals surface area (Å²) in [5.41, 5.74) is 2.24. The summed E-state index contributed by atoms with van der Waals surface area (Å²) >= 11 is 7.94. The molecule has 1 aromatic heterocycles. The number of benzene rings is 2. The van der Waals surface area contributed by atoms with Crippen LogP contribution in [0.25, 0.3) is 10.1 Å². The van der Waals surface area contributed by atoms with Crippen LogP contribution in [0, 0.1) is 6.92 Å². The molecule has 1 unspecified atom stereocenters. The van der Waals surface area contributed by atoms with Crippen LogP contribution in [0.4, 0.5) is 11.5 Å². The van der Waals surface area contributed by atoms with Gasteiger partial charge < -0.3 is 15.3 Å². The van der Waals surface area contributed by atoms with Gasteiger partial charge in [-0.2, -0.15) is 4.37 Å². The standard InChI is InChI=1S/C22H25ClN4O2S/c1-14-11-17(18(23)12-19(14)24-15(2)28)20(29)13-26-7-9-27(10-8-26)22-16-5-3-4-6-21(16)30-25-22/h3-6,11-12,20,29H,7-10,13H2,1-2H3,(H,24,28). The van der Waals surface area contributed by atoms with Gasteiger partial charge in [0.15, 0.2) is 0 Å². The van der Waals surface area contributed by atoms with Crippen molar-refractivity contribution < 1.29 is 9.90 Å². The lowest BCUT2D eigenvalue weighted by molar-refractivity contribution is -0.114. The van der Waals surface area contributed by atoms with E-state index in [4.69, 9.17) is 11.6 Å². The summed E-state index contributed by atoms with van der Waals surface area (Å²) in [5, 5.41) is 15.2. The van der Waals surface area contributed by atoms with Gasteiger partial charge in [0.05, 0.1) is 10.8 Å². The average Bonchev–Trinajstić information content (AvgIpc) is 3.15. The van der Waals surface area contributed by atoms with Gasteiger partial charge in [0.1, 0.15) is 5.82 Å². The van der Waals surface area contributed by atoms with E-state index in [0.29, 0.717) is 22.8 Å². The average molecular weight is 445 g/mol. The minimum atomic E-state index is -0.686. The second-order valence-corrected chi connectivity index (χ2v) is 8.89. The first-order valence-electron chi connectivity index (χ1n) is 10.00. The Morgan fingerprint density at radius 2 is 2.00 bits per heavy atom. The zero-order valence-corrected chi connectivity index (χ0v) is 18.6. The van der Waals surface area contributed by atoms with Crippen molar-refractivity contribution in [1.82, 2.24) is 9.27 Å². The Morgan fingerprint density at radius 3 is 2.73 bits per heavy atom. The van der Waals surface area contributed by atoms with Crippen LogP contribution in [-0.2, 0) is 4.79 Å². The molecule has 0 saturated carbocycles. The first-order valence-corrected chi connectivity index (χ1v) is 11.1. The van der Waals surface area contributed by atoms with Crippen LogP contribution < -0.4 is 10.2 Å². The summed E-state index contributed by atoms with van der Waals surface area (Å²) in [6.45, 7) is 7.32. The Bertz CT molecular complexity index is 1060. The third-order valence-corrected chi connectivity index (χ3v) is 6.62. The maximum atomic E-state index is 11.3. The Morgan fingerprint density at radius 1 is 1.27 bits per heavy atom. The van der Waals surface area contributed by atoms with Crippen molar-refractivity contribution in [2.45, 2.75) is 20.0 Å². The fourth-order valence-corrected chi connectivity index (χ4v) is 4.95. The molecule has 1 aliphatic rings. The normalized spacial score (nSPS) is 16.1. The number of fused-ring (bicyclic) bond motifs is 1. The van der Waals surface area contributed by atoms with Crippen LogP contribution in [0.15, 0.2) is 36.4 Å². The third-order valence-electron chi connectivity index (χ3n) is 5.47. The lowest BCUT2D eigenvalue weighted by atomic mass is 10.0. The monoisotopic (exact) mass is 444 g/mol. The van der Waals surface area contributed by atoms with Gasteiger partial charge in [-0.05, 0) is 48.3 Å². The lowest BCUT2D eigenvalue weighted by Crippen LogP contribution is -2.47. The number of piperazine rings is 1. The molecule has 1 saturated heterocycles. The number of anilines is 2. The first-order chi connectivity index (χ1) is 14.4. The highest BCUT2D eigenvalue weighted by Gasteiger charge is 2.24. The second-order valence-electron chi connectivity index (χ2n) is 7.68. The number of hydrogen-bond acceptors (Lipinski definition) is 6. The third kappa shape index (κ3) is 4.44. The summed E-state index contributed by atoms with van der Waals surface area (Å²) < 4.78 is 5.86. The number of hydrogen-bond donors (Lipinski definition) is 2. The fraction of sp³-hybridized carbons (Fsp3) is 0.364. The van der Waals surface area contributed by atoms with Gasteiger partial charge in [0, 0.05) is 61.3 Å². The van der Waals surface area contributed by atoms with Crippen molar-refractivity contribution in [3.63, 3.8) is 0 Å². The molecule has 1 aliphatic heterocycles. The van der Waals surface area contributed by atoms with Gasteiger partial charge in [-0.1, -0.05) is 23.7 Å². The highest BCUT2D eigenvalue weighted by Crippen LogP contribution is 2.32. The van der Waals surface area contributed by atoms with E-state index in [-0.39, 0.29) is 5.91 Å². The van der Waals surface area contributed by atoms with Crippen LogP contribution in [0.5, 0.6) is 0 Å². The predicted molar refractivity (Wildman–Crippen MR) is 124 cm³/mol. The lowest BCUT2D eigenvalue weighted by Gasteiger charge is -2.36. The van der Waals surface area contributed by atoms with E-state index < -0.39 is 6.10 Å². The Balaban J connectivity index is 1.39. The van der Waals surface area contributed by atoms with Crippen LogP contribution in [-0.4, -0.2) is 53.0 Å². The Labute approximate surface area is 185 Å². The molecule has 8 heteroatoms. The van der Waals surface area contributed by atoms with Gasteiger partial charge in [0.25, 0.3) is 0 Å². The van der Waals surface area contributed by atoms with E-state index in [1.807, 2.05) is 19.1 Å². The van der Waals surface area contributed by atoms with Crippen molar-refractivity contribution in [3.8, 4) is 0 Å². The zero-order valence-electron chi connectivity index (χ0n) is 17.1. The molecule has 2 N–H and O–H groups in total. The number of aliphatic hydroxyl groups excluding tert-OH is 1. The molecule has 1 atom stereocenters. The number of halogens is 1. The van der Waals surface area contributed by atoms with Gasteiger partial charge in [0.2, 0.25) is 5.91 Å². The number of amides is 1. The summed E-state index contributed by atoms with van der Waals surface area (Å²) in [7, 11) is 0. The SMILES string of the molecule is CC(=O)Nc1cc(Cl)c(C(O)CN2CCN(c3nsc4ccccc34)CC2)cc1C. The van der Waals surface area contributed by atoms with Crippen molar-refractivity contribution >= 4 is 50.6 Å². The number of rotatable bonds is 5. The van der Waals surface area contributed by atoms with Crippen LogP contribution in [0.1, 0.15) is 24.2 Å². The molecule has 0 bridgehead atoms. The highest BCUT2D eigenvalue weighted by molar-refractivity contribution is 7.13. The number of nitrogens with one attached hydrogen (secondary N) is 1. The molecule has 4 rings (SSSR count). The van der Waals surface area contributed by atoms with Crippen LogP contribution in [0.3, 0.4) is 0 Å². The number of nitrogens with zero attached hydrogens (tertiary/aromatic N) is 3. The van der Waals surface area contributed by atoms with Crippen LogP contribution in [0.2, 0.25) is 5.02 Å². The van der Waals surface area contributed by atoms with Gasteiger partial charge >= 0.3 is 0 Å². The molecule has 2 heterocycles. The molecule has 1 fully saturated rings. The van der Waals surface area contributed by atoms with Gasteiger partial charge in [-0.3, -0.25) is 9.69 Å². The molecule has 0 spiro atoms. The van der Waals surface area contributed by atoms with Crippen molar-refractivity contribution in [1.29, 1.82) is 0 Å². The van der Waals surface area contributed by atoms with Crippen molar-refractivity contribution in [3.05, 3.63) is 52.5 Å².